The molecule has 0 aromatic rings. The topological polar surface area (TPSA) is 49.5 Å². The highest BCUT2D eigenvalue weighted by Gasteiger charge is 2.14. The van der Waals surface area contributed by atoms with E-state index < -0.39 is 0 Å². The molecular formula is C10H18N2O. The van der Waals surface area contributed by atoms with Gasteiger partial charge in [-0.25, -0.2) is 0 Å². The summed E-state index contributed by atoms with van der Waals surface area (Å²) in [6.07, 6.45) is 7.03. The van der Waals surface area contributed by atoms with Gasteiger partial charge in [0.15, 0.2) is 0 Å². The van der Waals surface area contributed by atoms with Crippen molar-refractivity contribution in [1.29, 1.82) is 0 Å². The number of allylic oxidation sites excluding steroid dienone is 1. The van der Waals surface area contributed by atoms with Crippen molar-refractivity contribution >= 4 is 0 Å². The van der Waals surface area contributed by atoms with Gasteiger partial charge >= 0.3 is 0 Å². The zero-order valence-corrected chi connectivity index (χ0v) is 8.11. The molecule has 0 aromatic carbocycles. The van der Waals surface area contributed by atoms with Crippen molar-refractivity contribution in [3.05, 3.63) is 23.9 Å². The third-order valence-corrected chi connectivity index (χ3v) is 2.37. The summed E-state index contributed by atoms with van der Waals surface area (Å²) in [6, 6.07) is 0.407. The molecule has 3 heteroatoms. The molecule has 0 heterocycles. The van der Waals surface area contributed by atoms with E-state index in [9.17, 15) is 0 Å². The van der Waals surface area contributed by atoms with E-state index in [4.69, 9.17) is 10.8 Å². The van der Waals surface area contributed by atoms with E-state index in [-0.39, 0.29) is 6.61 Å². The van der Waals surface area contributed by atoms with Crippen LogP contribution in [0.4, 0.5) is 0 Å². The van der Waals surface area contributed by atoms with E-state index in [1.807, 2.05) is 12.2 Å². The lowest BCUT2D eigenvalue weighted by atomic mass is 10.1. The average molecular weight is 182 g/mol. The van der Waals surface area contributed by atoms with Crippen LogP contribution < -0.4 is 5.73 Å². The number of hydrogen-bond acceptors (Lipinski definition) is 3. The molecule has 0 aromatic heterocycles. The number of nitrogens with zero attached hydrogens (tertiary/aromatic N) is 1. The fourth-order valence-corrected chi connectivity index (χ4v) is 1.58. The van der Waals surface area contributed by atoms with Gasteiger partial charge in [-0.1, -0.05) is 19.1 Å². The summed E-state index contributed by atoms with van der Waals surface area (Å²) < 4.78 is 0. The molecule has 0 bridgehead atoms. The first kappa shape index (κ1) is 10.3. The minimum atomic E-state index is 0.220. The van der Waals surface area contributed by atoms with Crippen molar-refractivity contribution in [2.75, 3.05) is 19.7 Å². The first-order valence-corrected chi connectivity index (χ1v) is 4.76. The number of nitrogens with two attached hydrogens (primary N) is 1. The summed E-state index contributed by atoms with van der Waals surface area (Å²) in [5.41, 5.74) is 6.46. The van der Waals surface area contributed by atoms with Crippen LogP contribution in [0.15, 0.2) is 23.9 Å². The van der Waals surface area contributed by atoms with Gasteiger partial charge in [-0.15, -0.1) is 0 Å². The summed E-state index contributed by atoms with van der Waals surface area (Å²) >= 11 is 0. The zero-order valence-electron chi connectivity index (χ0n) is 8.11. The SMILES string of the molecule is CCN(CCO)C1C=CC(N)=CC1. The Kier molecular flexibility index (Phi) is 3.99. The Hall–Kier alpha value is -0.800. The highest BCUT2D eigenvalue weighted by atomic mass is 16.3. The largest absolute Gasteiger partial charge is 0.399 e. The number of hydrogen-bond donors (Lipinski definition) is 2. The summed E-state index contributed by atoms with van der Waals surface area (Å²) in [6.45, 7) is 4.02. The van der Waals surface area contributed by atoms with E-state index in [2.05, 4.69) is 17.9 Å². The monoisotopic (exact) mass is 182 g/mol. The molecular weight excluding hydrogens is 164 g/mol. The van der Waals surface area contributed by atoms with Gasteiger partial charge in [0.1, 0.15) is 0 Å². The Morgan fingerprint density at radius 1 is 1.69 bits per heavy atom. The van der Waals surface area contributed by atoms with Crippen LogP contribution in [-0.4, -0.2) is 35.7 Å². The van der Waals surface area contributed by atoms with Crippen LogP contribution in [0.5, 0.6) is 0 Å². The van der Waals surface area contributed by atoms with Crippen molar-refractivity contribution in [2.24, 2.45) is 5.73 Å². The Balaban J connectivity index is 2.48. The van der Waals surface area contributed by atoms with E-state index in [1.54, 1.807) is 0 Å². The lowest BCUT2D eigenvalue weighted by molar-refractivity contribution is 0.177. The zero-order chi connectivity index (χ0) is 9.68. The molecule has 0 aliphatic heterocycles. The Bertz CT molecular complexity index is 211. The maximum Gasteiger partial charge on any atom is 0.0558 e. The van der Waals surface area contributed by atoms with Crippen LogP contribution in [0, 0.1) is 0 Å². The molecule has 1 atom stereocenters. The Morgan fingerprint density at radius 3 is 2.92 bits per heavy atom. The van der Waals surface area contributed by atoms with Crippen LogP contribution in [-0.2, 0) is 0 Å². The highest BCUT2D eigenvalue weighted by Crippen LogP contribution is 2.12. The van der Waals surface area contributed by atoms with Crippen molar-refractivity contribution in [3.8, 4) is 0 Å². The van der Waals surface area contributed by atoms with Gasteiger partial charge in [-0.2, -0.15) is 0 Å². The standard InChI is InChI=1S/C10H18N2O/c1-2-12(7-8-13)10-5-3-9(11)4-6-10/h3-5,10,13H,2,6-8,11H2,1H3. The van der Waals surface area contributed by atoms with Crippen LogP contribution in [0.25, 0.3) is 0 Å². The van der Waals surface area contributed by atoms with Crippen LogP contribution in [0.1, 0.15) is 13.3 Å². The van der Waals surface area contributed by atoms with Gasteiger partial charge in [-0.05, 0) is 19.0 Å². The first-order valence-electron chi connectivity index (χ1n) is 4.76. The molecule has 13 heavy (non-hydrogen) atoms. The molecule has 0 amide bonds. The summed E-state index contributed by atoms with van der Waals surface area (Å²) in [7, 11) is 0. The smallest absolute Gasteiger partial charge is 0.0558 e. The highest BCUT2D eigenvalue weighted by molar-refractivity contribution is 5.22. The van der Waals surface area contributed by atoms with E-state index >= 15 is 0 Å². The number of aliphatic hydroxyl groups is 1. The minimum Gasteiger partial charge on any atom is -0.399 e. The number of likely N-dealkylation sites (N-methyl/N-ethyl adjacent to an activating group) is 1. The van der Waals surface area contributed by atoms with Crippen molar-refractivity contribution in [1.82, 2.24) is 4.90 Å². The molecule has 1 unspecified atom stereocenters. The number of rotatable bonds is 4. The van der Waals surface area contributed by atoms with Gasteiger partial charge in [0.05, 0.1) is 6.61 Å². The van der Waals surface area contributed by atoms with Gasteiger partial charge in [0.25, 0.3) is 0 Å². The van der Waals surface area contributed by atoms with Gasteiger partial charge in [-0.3, -0.25) is 4.90 Å². The van der Waals surface area contributed by atoms with Crippen LogP contribution >= 0.6 is 0 Å². The molecule has 3 N–H and O–H groups in total. The second kappa shape index (κ2) is 5.04. The van der Waals surface area contributed by atoms with Crippen molar-refractivity contribution in [3.63, 3.8) is 0 Å². The van der Waals surface area contributed by atoms with Crippen molar-refractivity contribution in [2.45, 2.75) is 19.4 Å². The predicted molar refractivity (Wildman–Crippen MR) is 54.1 cm³/mol. The van der Waals surface area contributed by atoms with E-state index in [1.165, 1.54) is 0 Å². The van der Waals surface area contributed by atoms with E-state index in [0.29, 0.717) is 6.04 Å². The summed E-state index contributed by atoms with van der Waals surface area (Å²) in [4.78, 5) is 2.24. The second-order valence-corrected chi connectivity index (χ2v) is 3.22. The lowest BCUT2D eigenvalue weighted by Gasteiger charge is -2.28. The minimum absolute atomic E-state index is 0.220. The normalized spacial score (nSPS) is 22.1. The number of aliphatic hydroxyl groups excluding tert-OH is 1. The molecule has 1 aliphatic rings. The fraction of sp³-hybridized carbons (Fsp3) is 0.600. The Labute approximate surface area is 79.5 Å². The maximum atomic E-state index is 8.84. The summed E-state index contributed by atoms with van der Waals surface area (Å²) in [5, 5.41) is 8.84. The lowest BCUT2D eigenvalue weighted by Crippen LogP contribution is -2.36. The third-order valence-electron chi connectivity index (χ3n) is 2.37. The maximum absolute atomic E-state index is 8.84. The fourth-order valence-electron chi connectivity index (χ4n) is 1.58. The van der Waals surface area contributed by atoms with Crippen molar-refractivity contribution < 1.29 is 5.11 Å². The predicted octanol–water partition coefficient (Wildman–Crippen LogP) is 0.472. The van der Waals surface area contributed by atoms with E-state index in [0.717, 1.165) is 25.2 Å². The molecule has 0 spiro atoms. The molecule has 0 fully saturated rings. The second-order valence-electron chi connectivity index (χ2n) is 3.22. The van der Waals surface area contributed by atoms with Crippen LogP contribution in [0.3, 0.4) is 0 Å². The molecule has 0 saturated heterocycles. The molecule has 3 nitrogen and oxygen atoms in total. The Morgan fingerprint density at radius 2 is 2.46 bits per heavy atom. The molecule has 1 rings (SSSR count). The van der Waals surface area contributed by atoms with Gasteiger partial charge in [0, 0.05) is 18.3 Å². The van der Waals surface area contributed by atoms with Gasteiger partial charge in [0.2, 0.25) is 0 Å². The molecule has 74 valence electrons. The third kappa shape index (κ3) is 2.86. The van der Waals surface area contributed by atoms with Gasteiger partial charge < -0.3 is 10.8 Å². The first-order chi connectivity index (χ1) is 6.27. The molecule has 0 saturated carbocycles. The molecule has 0 radical (unpaired) electrons. The molecule has 1 aliphatic carbocycles. The quantitative estimate of drug-likeness (QED) is 0.664. The average Bonchev–Trinajstić information content (AvgIpc) is 2.16. The van der Waals surface area contributed by atoms with Crippen LogP contribution in [0.2, 0.25) is 0 Å². The summed E-state index contributed by atoms with van der Waals surface area (Å²) in [5.74, 6) is 0.